The number of fused-ring (bicyclic) bond motifs is 4. The summed E-state index contributed by atoms with van der Waals surface area (Å²) in [4.78, 5) is 0. The molecule has 0 radical (unpaired) electrons. The molecule has 1 heterocycles. The maximum absolute atomic E-state index is 6.27. The van der Waals surface area contributed by atoms with Gasteiger partial charge >= 0.3 is 0 Å². The van der Waals surface area contributed by atoms with Crippen LogP contribution in [0.3, 0.4) is 0 Å². The lowest BCUT2D eigenvalue weighted by atomic mass is 9.95. The van der Waals surface area contributed by atoms with Crippen LogP contribution in [0.1, 0.15) is 0 Å². The molecule has 0 amide bonds. The molecule has 8 rings (SSSR count). The van der Waals surface area contributed by atoms with E-state index >= 15 is 0 Å². The van der Waals surface area contributed by atoms with Crippen LogP contribution < -0.4 is 0 Å². The second-order valence-electron chi connectivity index (χ2n) is 10.6. The predicted octanol–water partition coefficient (Wildman–Crippen LogP) is 11.4. The van der Waals surface area contributed by atoms with Crippen LogP contribution in [0, 0.1) is 0 Å². The first-order valence-corrected chi connectivity index (χ1v) is 14.0. The van der Waals surface area contributed by atoms with E-state index in [2.05, 4.69) is 146 Å². The van der Waals surface area contributed by atoms with E-state index in [1.54, 1.807) is 0 Å². The van der Waals surface area contributed by atoms with E-state index in [0.29, 0.717) is 0 Å². The summed E-state index contributed by atoms with van der Waals surface area (Å²) in [5.41, 5.74) is 11.5. The zero-order valence-corrected chi connectivity index (χ0v) is 22.4. The van der Waals surface area contributed by atoms with Gasteiger partial charge in [-0.05, 0) is 67.9 Å². The van der Waals surface area contributed by atoms with Crippen molar-refractivity contribution in [3.05, 3.63) is 158 Å². The van der Waals surface area contributed by atoms with Crippen molar-refractivity contribution in [2.75, 3.05) is 0 Å². The molecular formula is C40H26O. The predicted molar refractivity (Wildman–Crippen MR) is 173 cm³/mol. The standard InChI is InChI=1S/C40H26O/c1-2-7-27(8-3-1)28-13-15-29(16-14-28)32-21-23-35-26-33(22-24-34(35)25-32)30-17-19-31(20-18-30)36-10-6-11-38-37-9-4-5-12-39(37)41-40(36)38/h1-26H. The Balaban J connectivity index is 1.08. The molecule has 0 spiro atoms. The van der Waals surface area contributed by atoms with Gasteiger partial charge in [0.2, 0.25) is 0 Å². The number of hydrogen-bond donors (Lipinski definition) is 0. The van der Waals surface area contributed by atoms with Gasteiger partial charge in [-0.25, -0.2) is 0 Å². The third kappa shape index (κ3) is 4.20. The van der Waals surface area contributed by atoms with Gasteiger partial charge in [-0.15, -0.1) is 0 Å². The summed E-state index contributed by atoms with van der Waals surface area (Å²) in [6, 6.07) is 56.3. The zero-order chi connectivity index (χ0) is 27.2. The van der Waals surface area contributed by atoms with Gasteiger partial charge in [0.15, 0.2) is 0 Å². The fraction of sp³-hybridized carbons (Fsp3) is 0. The van der Waals surface area contributed by atoms with Gasteiger partial charge < -0.3 is 4.42 Å². The van der Waals surface area contributed by atoms with Gasteiger partial charge in [-0.1, -0.05) is 140 Å². The Morgan fingerprint density at radius 1 is 0.317 bits per heavy atom. The van der Waals surface area contributed by atoms with Crippen LogP contribution in [0.5, 0.6) is 0 Å². The third-order valence-corrected chi connectivity index (χ3v) is 8.10. The average molecular weight is 523 g/mol. The lowest BCUT2D eigenvalue weighted by Gasteiger charge is -2.09. The number of furan rings is 1. The van der Waals surface area contributed by atoms with Crippen molar-refractivity contribution in [2.24, 2.45) is 0 Å². The first kappa shape index (κ1) is 23.5. The molecular weight excluding hydrogens is 496 g/mol. The molecule has 0 saturated heterocycles. The quantitative estimate of drug-likeness (QED) is 0.224. The molecule has 0 unspecified atom stereocenters. The highest BCUT2D eigenvalue weighted by atomic mass is 16.3. The Labute approximate surface area is 238 Å². The molecule has 0 aliphatic heterocycles. The number of benzene rings is 7. The molecule has 192 valence electrons. The Morgan fingerprint density at radius 3 is 1.46 bits per heavy atom. The third-order valence-electron chi connectivity index (χ3n) is 8.10. The highest BCUT2D eigenvalue weighted by molar-refractivity contribution is 6.09. The summed E-state index contributed by atoms with van der Waals surface area (Å²) in [5.74, 6) is 0. The minimum atomic E-state index is 0.926. The van der Waals surface area contributed by atoms with E-state index in [4.69, 9.17) is 4.42 Å². The molecule has 41 heavy (non-hydrogen) atoms. The summed E-state index contributed by atoms with van der Waals surface area (Å²) in [5, 5.41) is 4.79. The molecule has 0 aliphatic rings. The smallest absolute Gasteiger partial charge is 0.143 e. The summed E-state index contributed by atoms with van der Waals surface area (Å²) in [7, 11) is 0. The molecule has 7 aromatic carbocycles. The van der Waals surface area contributed by atoms with Crippen LogP contribution in [-0.4, -0.2) is 0 Å². The normalized spacial score (nSPS) is 11.4. The maximum Gasteiger partial charge on any atom is 0.143 e. The van der Waals surface area contributed by atoms with Crippen LogP contribution in [0.2, 0.25) is 0 Å². The van der Waals surface area contributed by atoms with Gasteiger partial charge in [-0.2, -0.15) is 0 Å². The van der Waals surface area contributed by atoms with Gasteiger partial charge in [0.25, 0.3) is 0 Å². The highest BCUT2D eigenvalue weighted by Gasteiger charge is 2.12. The van der Waals surface area contributed by atoms with Gasteiger partial charge in [0.1, 0.15) is 11.2 Å². The van der Waals surface area contributed by atoms with E-state index in [0.717, 1.165) is 33.1 Å². The summed E-state index contributed by atoms with van der Waals surface area (Å²) < 4.78 is 6.27. The first-order valence-electron chi connectivity index (χ1n) is 14.0. The number of hydrogen-bond acceptors (Lipinski definition) is 1. The van der Waals surface area contributed by atoms with Crippen LogP contribution in [0.15, 0.2) is 162 Å². The minimum Gasteiger partial charge on any atom is -0.455 e. The fourth-order valence-electron chi connectivity index (χ4n) is 5.91. The average Bonchev–Trinajstić information content (AvgIpc) is 3.44. The molecule has 0 bridgehead atoms. The highest BCUT2D eigenvalue weighted by Crippen LogP contribution is 2.37. The molecule has 0 saturated carbocycles. The Bertz CT molecular complexity index is 2170. The molecule has 0 fully saturated rings. The van der Waals surface area contributed by atoms with Crippen molar-refractivity contribution in [3.63, 3.8) is 0 Å². The molecule has 1 heteroatoms. The van der Waals surface area contributed by atoms with Crippen molar-refractivity contribution < 1.29 is 4.42 Å². The van der Waals surface area contributed by atoms with Crippen LogP contribution in [-0.2, 0) is 0 Å². The topological polar surface area (TPSA) is 13.1 Å². The van der Waals surface area contributed by atoms with Gasteiger partial charge in [-0.3, -0.25) is 0 Å². The fourth-order valence-corrected chi connectivity index (χ4v) is 5.91. The second-order valence-corrected chi connectivity index (χ2v) is 10.6. The zero-order valence-electron chi connectivity index (χ0n) is 22.4. The lowest BCUT2D eigenvalue weighted by molar-refractivity contribution is 0.670. The van der Waals surface area contributed by atoms with E-state index in [9.17, 15) is 0 Å². The van der Waals surface area contributed by atoms with E-state index in [-0.39, 0.29) is 0 Å². The summed E-state index contributed by atoms with van der Waals surface area (Å²) in [6.07, 6.45) is 0. The minimum absolute atomic E-state index is 0.926. The first-order chi connectivity index (χ1) is 20.3. The molecule has 0 atom stereocenters. The molecule has 1 aromatic heterocycles. The van der Waals surface area contributed by atoms with Crippen LogP contribution in [0.4, 0.5) is 0 Å². The Hall–Kier alpha value is -5.40. The van der Waals surface area contributed by atoms with Crippen LogP contribution >= 0.6 is 0 Å². The van der Waals surface area contributed by atoms with Crippen molar-refractivity contribution in [1.29, 1.82) is 0 Å². The number of rotatable bonds is 4. The van der Waals surface area contributed by atoms with Crippen molar-refractivity contribution in [3.8, 4) is 44.5 Å². The largest absolute Gasteiger partial charge is 0.455 e. The SMILES string of the molecule is c1ccc(-c2ccc(-c3ccc4cc(-c5ccc(-c6cccc7c6oc6ccccc67)cc5)ccc4c3)cc2)cc1. The lowest BCUT2D eigenvalue weighted by Crippen LogP contribution is -1.84. The molecule has 1 nitrogen and oxygen atoms in total. The van der Waals surface area contributed by atoms with E-state index in [1.807, 2.05) is 12.1 Å². The van der Waals surface area contributed by atoms with Crippen molar-refractivity contribution >= 4 is 32.7 Å². The number of para-hydroxylation sites is 2. The Morgan fingerprint density at radius 2 is 0.805 bits per heavy atom. The van der Waals surface area contributed by atoms with Crippen molar-refractivity contribution in [1.82, 2.24) is 0 Å². The Kier molecular flexibility index (Phi) is 5.53. The molecule has 8 aromatic rings. The summed E-state index contributed by atoms with van der Waals surface area (Å²) >= 11 is 0. The second kappa shape index (κ2) is 9.66. The maximum atomic E-state index is 6.27. The molecule has 0 N–H and O–H groups in total. The van der Waals surface area contributed by atoms with Crippen molar-refractivity contribution in [2.45, 2.75) is 0 Å². The van der Waals surface area contributed by atoms with Crippen LogP contribution in [0.25, 0.3) is 77.2 Å². The summed E-state index contributed by atoms with van der Waals surface area (Å²) in [6.45, 7) is 0. The monoisotopic (exact) mass is 522 g/mol. The van der Waals surface area contributed by atoms with E-state index in [1.165, 1.54) is 44.2 Å². The van der Waals surface area contributed by atoms with E-state index < -0.39 is 0 Å². The molecule has 0 aliphatic carbocycles. The van der Waals surface area contributed by atoms with Gasteiger partial charge in [0, 0.05) is 16.3 Å². The van der Waals surface area contributed by atoms with Gasteiger partial charge in [0.05, 0.1) is 0 Å².